The summed E-state index contributed by atoms with van der Waals surface area (Å²) in [5.74, 6) is -0.0579. The first-order chi connectivity index (χ1) is 7.59. The molecular formula is C11H10ClN3O. The van der Waals surface area contributed by atoms with E-state index < -0.39 is 0 Å². The zero-order chi connectivity index (χ0) is 11.7. The molecule has 0 unspecified atom stereocenters. The van der Waals surface area contributed by atoms with Crippen molar-refractivity contribution in [2.75, 3.05) is 0 Å². The summed E-state index contributed by atoms with van der Waals surface area (Å²) in [5, 5.41) is 8.48. The Morgan fingerprint density at radius 3 is 2.50 bits per heavy atom. The van der Waals surface area contributed by atoms with Crippen molar-refractivity contribution in [3.63, 3.8) is 0 Å². The zero-order valence-electron chi connectivity index (χ0n) is 8.94. The van der Waals surface area contributed by atoms with Crippen LogP contribution in [0, 0.1) is 6.92 Å². The normalized spacial score (nSPS) is 10.4. The minimum Gasteiger partial charge on any atom is -0.293 e. The van der Waals surface area contributed by atoms with Crippen LogP contribution in [0.15, 0.2) is 24.3 Å². The van der Waals surface area contributed by atoms with Gasteiger partial charge in [0, 0.05) is 11.9 Å². The molecule has 5 heteroatoms. The van der Waals surface area contributed by atoms with E-state index in [0.29, 0.717) is 16.4 Å². The lowest BCUT2D eigenvalue weighted by molar-refractivity contribution is 0.101. The van der Waals surface area contributed by atoms with Crippen LogP contribution >= 0.6 is 11.6 Å². The molecule has 0 aliphatic heterocycles. The fraction of sp³-hybridized carbons (Fsp3) is 0.182. The van der Waals surface area contributed by atoms with Gasteiger partial charge in [0.1, 0.15) is 5.69 Å². The van der Waals surface area contributed by atoms with Crippen molar-refractivity contribution in [1.82, 2.24) is 15.0 Å². The number of carbonyl (C=O) groups is 1. The number of hydrogen-bond donors (Lipinski definition) is 0. The highest BCUT2D eigenvalue weighted by Crippen LogP contribution is 2.16. The zero-order valence-corrected chi connectivity index (χ0v) is 9.69. The third kappa shape index (κ3) is 1.84. The molecule has 82 valence electrons. The van der Waals surface area contributed by atoms with E-state index in [-0.39, 0.29) is 5.78 Å². The second-order valence-electron chi connectivity index (χ2n) is 3.47. The number of carbonyl (C=O) groups excluding carboxylic acids is 1. The summed E-state index contributed by atoms with van der Waals surface area (Å²) in [6.45, 7) is 3.26. The highest BCUT2D eigenvalue weighted by Gasteiger charge is 2.14. The Kier molecular flexibility index (Phi) is 2.75. The highest BCUT2D eigenvalue weighted by molar-refractivity contribution is 6.30. The Morgan fingerprint density at radius 1 is 1.31 bits per heavy atom. The van der Waals surface area contributed by atoms with Crippen LogP contribution in [0.4, 0.5) is 0 Å². The van der Waals surface area contributed by atoms with Gasteiger partial charge in [-0.25, -0.2) is 4.68 Å². The molecule has 0 amide bonds. The van der Waals surface area contributed by atoms with Gasteiger partial charge in [0.25, 0.3) is 0 Å². The fourth-order valence-electron chi connectivity index (χ4n) is 1.52. The lowest BCUT2D eigenvalue weighted by atomic mass is 10.2. The molecule has 1 aromatic carbocycles. The number of benzene rings is 1. The lowest BCUT2D eigenvalue weighted by Gasteiger charge is -2.03. The topological polar surface area (TPSA) is 47.8 Å². The van der Waals surface area contributed by atoms with Crippen molar-refractivity contribution in [2.45, 2.75) is 13.8 Å². The summed E-state index contributed by atoms with van der Waals surface area (Å²) < 4.78 is 1.52. The highest BCUT2D eigenvalue weighted by atomic mass is 35.5. The summed E-state index contributed by atoms with van der Waals surface area (Å²) in [6.07, 6.45) is 0. The van der Waals surface area contributed by atoms with E-state index in [0.717, 1.165) is 5.69 Å². The van der Waals surface area contributed by atoms with Gasteiger partial charge in [-0.3, -0.25) is 4.79 Å². The van der Waals surface area contributed by atoms with Gasteiger partial charge < -0.3 is 0 Å². The first-order valence-corrected chi connectivity index (χ1v) is 5.16. The Balaban J connectivity index is 2.56. The van der Waals surface area contributed by atoms with Crippen LogP contribution in [0.5, 0.6) is 0 Å². The first kappa shape index (κ1) is 10.8. The monoisotopic (exact) mass is 235 g/mol. The van der Waals surface area contributed by atoms with Crippen molar-refractivity contribution in [1.29, 1.82) is 0 Å². The third-order valence-corrected chi connectivity index (χ3v) is 2.50. The molecule has 1 aromatic heterocycles. The molecule has 0 saturated carbocycles. The molecule has 16 heavy (non-hydrogen) atoms. The van der Waals surface area contributed by atoms with Crippen LogP contribution in [0.25, 0.3) is 5.69 Å². The maximum absolute atomic E-state index is 11.5. The van der Waals surface area contributed by atoms with Gasteiger partial charge in [0.2, 0.25) is 0 Å². The third-order valence-electron chi connectivity index (χ3n) is 2.24. The minimum absolute atomic E-state index is 0.0579. The van der Waals surface area contributed by atoms with Crippen molar-refractivity contribution in [3.05, 3.63) is 40.7 Å². The molecule has 0 aliphatic rings. The number of rotatable bonds is 2. The summed E-state index contributed by atoms with van der Waals surface area (Å²) in [7, 11) is 0. The number of aromatic nitrogens is 3. The fourth-order valence-corrected chi connectivity index (χ4v) is 1.65. The Hall–Kier alpha value is -1.68. The predicted octanol–water partition coefficient (Wildman–Crippen LogP) is 2.43. The van der Waals surface area contributed by atoms with Gasteiger partial charge in [0.05, 0.1) is 11.4 Å². The summed E-state index contributed by atoms with van der Waals surface area (Å²) in [4.78, 5) is 11.5. The lowest BCUT2D eigenvalue weighted by Crippen LogP contribution is -2.06. The van der Waals surface area contributed by atoms with Crippen molar-refractivity contribution >= 4 is 17.4 Å². The molecule has 2 rings (SSSR count). The van der Waals surface area contributed by atoms with Crippen molar-refractivity contribution < 1.29 is 4.79 Å². The second kappa shape index (κ2) is 4.06. The minimum atomic E-state index is -0.0579. The van der Waals surface area contributed by atoms with Gasteiger partial charge in [0.15, 0.2) is 5.78 Å². The number of ketones is 1. The van der Waals surface area contributed by atoms with Crippen molar-refractivity contribution in [3.8, 4) is 5.69 Å². The largest absolute Gasteiger partial charge is 0.293 e. The molecule has 0 saturated heterocycles. The first-order valence-electron chi connectivity index (χ1n) is 4.79. The Labute approximate surface area is 97.8 Å². The van der Waals surface area contributed by atoms with E-state index in [9.17, 15) is 4.79 Å². The smallest absolute Gasteiger partial charge is 0.180 e. The van der Waals surface area contributed by atoms with E-state index in [1.807, 2.05) is 0 Å². The number of nitrogens with zero attached hydrogens (tertiary/aromatic N) is 3. The number of halogens is 1. The summed E-state index contributed by atoms with van der Waals surface area (Å²) in [6, 6.07) is 7.08. The average Bonchev–Trinajstić information content (AvgIpc) is 2.61. The predicted molar refractivity (Wildman–Crippen MR) is 61.1 cm³/mol. The van der Waals surface area contributed by atoms with E-state index in [1.165, 1.54) is 11.6 Å². The molecule has 0 fully saturated rings. The molecule has 0 bridgehead atoms. The summed E-state index contributed by atoms with van der Waals surface area (Å²) >= 11 is 5.79. The molecular weight excluding hydrogens is 226 g/mol. The van der Waals surface area contributed by atoms with E-state index in [4.69, 9.17) is 11.6 Å². The molecule has 0 aliphatic carbocycles. The van der Waals surface area contributed by atoms with Crippen LogP contribution in [0.1, 0.15) is 23.1 Å². The quantitative estimate of drug-likeness (QED) is 0.751. The van der Waals surface area contributed by atoms with Gasteiger partial charge in [-0.2, -0.15) is 0 Å². The maximum Gasteiger partial charge on any atom is 0.180 e. The van der Waals surface area contributed by atoms with E-state index in [2.05, 4.69) is 10.3 Å². The molecule has 0 N–H and O–H groups in total. The number of hydrogen-bond acceptors (Lipinski definition) is 3. The van der Waals surface area contributed by atoms with Crippen LogP contribution in [0.3, 0.4) is 0 Å². The van der Waals surface area contributed by atoms with Gasteiger partial charge in [-0.15, -0.1) is 5.10 Å². The van der Waals surface area contributed by atoms with Gasteiger partial charge in [-0.1, -0.05) is 16.8 Å². The second-order valence-corrected chi connectivity index (χ2v) is 3.90. The van der Waals surface area contributed by atoms with E-state index >= 15 is 0 Å². The van der Waals surface area contributed by atoms with Crippen LogP contribution < -0.4 is 0 Å². The SMILES string of the molecule is CC(=O)c1c(C)nnn1-c1ccc(Cl)cc1. The molecule has 1 heterocycles. The van der Waals surface area contributed by atoms with Crippen LogP contribution in [-0.2, 0) is 0 Å². The van der Waals surface area contributed by atoms with Crippen molar-refractivity contribution in [2.24, 2.45) is 0 Å². The molecule has 0 spiro atoms. The average molecular weight is 236 g/mol. The Bertz CT molecular complexity index is 531. The molecule has 2 aromatic rings. The summed E-state index contributed by atoms with van der Waals surface area (Å²) in [5.41, 5.74) is 1.90. The van der Waals surface area contributed by atoms with Gasteiger partial charge >= 0.3 is 0 Å². The molecule has 0 atom stereocenters. The Morgan fingerprint density at radius 2 is 1.94 bits per heavy atom. The molecule has 0 radical (unpaired) electrons. The maximum atomic E-state index is 11.5. The standard InChI is InChI=1S/C11H10ClN3O/c1-7-11(8(2)16)15(14-13-7)10-5-3-9(12)4-6-10/h3-6H,1-2H3. The van der Waals surface area contributed by atoms with E-state index in [1.54, 1.807) is 31.2 Å². The van der Waals surface area contributed by atoms with Gasteiger partial charge in [-0.05, 0) is 31.2 Å². The number of Topliss-reactive ketones (excluding diaryl/α,β-unsaturated/α-hetero) is 1. The number of aryl methyl sites for hydroxylation is 1. The van der Waals surface area contributed by atoms with Crippen LogP contribution in [0.2, 0.25) is 5.02 Å². The van der Waals surface area contributed by atoms with Crippen LogP contribution in [-0.4, -0.2) is 20.8 Å². The molecule has 4 nitrogen and oxygen atoms in total.